The normalized spacial score (nSPS) is 21.9. The van der Waals surface area contributed by atoms with Crippen LogP contribution in [0.5, 0.6) is 0 Å². The van der Waals surface area contributed by atoms with Gasteiger partial charge in [0.05, 0.1) is 0 Å². The first kappa shape index (κ1) is 16.5. The Morgan fingerprint density at radius 1 is 1.05 bits per heavy atom. The first-order chi connectivity index (χ1) is 10.1. The van der Waals surface area contributed by atoms with Gasteiger partial charge in [0, 0.05) is 44.8 Å². The van der Waals surface area contributed by atoms with Crippen LogP contribution in [-0.4, -0.2) is 48.6 Å². The van der Waals surface area contributed by atoms with Crippen molar-refractivity contribution in [1.29, 1.82) is 0 Å². The van der Waals surface area contributed by atoms with Gasteiger partial charge in [0.2, 0.25) is 0 Å². The molecule has 3 unspecified atom stereocenters. The second kappa shape index (κ2) is 7.92. The van der Waals surface area contributed by atoms with Gasteiger partial charge >= 0.3 is 0 Å². The van der Waals surface area contributed by atoms with Crippen molar-refractivity contribution in [3.8, 4) is 0 Å². The molecule has 3 atom stereocenters. The molecule has 1 aliphatic heterocycles. The number of nitrogens with zero attached hydrogens (tertiary/aromatic N) is 2. The molecule has 3 heteroatoms. The van der Waals surface area contributed by atoms with Crippen LogP contribution in [0.15, 0.2) is 30.3 Å². The van der Waals surface area contributed by atoms with E-state index in [0.29, 0.717) is 5.92 Å². The topological polar surface area (TPSA) is 32.5 Å². The molecule has 0 aliphatic carbocycles. The monoisotopic (exact) mass is 289 g/mol. The van der Waals surface area contributed by atoms with Gasteiger partial charge in [-0.15, -0.1) is 0 Å². The van der Waals surface area contributed by atoms with E-state index in [0.717, 1.165) is 12.6 Å². The van der Waals surface area contributed by atoms with Gasteiger partial charge in [0.1, 0.15) is 0 Å². The average molecular weight is 289 g/mol. The van der Waals surface area contributed by atoms with Gasteiger partial charge in [-0.25, -0.2) is 0 Å². The lowest BCUT2D eigenvalue weighted by atomic mass is 9.94. The summed E-state index contributed by atoms with van der Waals surface area (Å²) in [5.41, 5.74) is 7.67. The van der Waals surface area contributed by atoms with Crippen LogP contribution in [0.4, 0.5) is 0 Å². The summed E-state index contributed by atoms with van der Waals surface area (Å²) < 4.78 is 0. The molecule has 0 amide bonds. The summed E-state index contributed by atoms with van der Waals surface area (Å²) in [6, 6.07) is 11.3. The molecule has 1 saturated heterocycles. The third-order valence-electron chi connectivity index (χ3n) is 4.96. The predicted molar refractivity (Wildman–Crippen MR) is 90.3 cm³/mol. The molecule has 1 heterocycles. The molecule has 1 aromatic rings. The minimum Gasteiger partial charge on any atom is -0.324 e. The van der Waals surface area contributed by atoms with E-state index in [2.05, 4.69) is 60.9 Å². The van der Waals surface area contributed by atoms with Gasteiger partial charge in [-0.1, -0.05) is 44.2 Å². The number of rotatable bonds is 6. The third kappa shape index (κ3) is 4.53. The summed E-state index contributed by atoms with van der Waals surface area (Å²) in [5.74, 6) is 0.488. The van der Waals surface area contributed by atoms with E-state index in [1.807, 2.05) is 0 Å². The third-order valence-corrected chi connectivity index (χ3v) is 4.96. The lowest BCUT2D eigenvalue weighted by Crippen LogP contribution is -2.50. The lowest BCUT2D eigenvalue weighted by molar-refractivity contribution is 0.0888. The van der Waals surface area contributed by atoms with E-state index in [1.165, 1.54) is 38.2 Å². The summed E-state index contributed by atoms with van der Waals surface area (Å²) >= 11 is 0. The number of benzene rings is 1. The number of hydrogen-bond acceptors (Lipinski definition) is 3. The fourth-order valence-electron chi connectivity index (χ4n) is 3.17. The highest BCUT2D eigenvalue weighted by Gasteiger charge is 2.23. The maximum Gasteiger partial charge on any atom is 0.0333 e. The molecule has 0 saturated carbocycles. The van der Waals surface area contributed by atoms with Crippen LogP contribution in [0, 0.1) is 5.92 Å². The van der Waals surface area contributed by atoms with E-state index in [-0.39, 0.29) is 6.04 Å². The Morgan fingerprint density at radius 2 is 1.67 bits per heavy atom. The fraction of sp³-hybridized carbons (Fsp3) is 0.667. The molecule has 1 aromatic carbocycles. The Hall–Kier alpha value is -0.900. The minimum atomic E-state index is 0.138. The molecule has 0 spiro atoms. The van der Waals surface area contributed by atoms with Gasteiger partial charge in [-0.05, 0) is 24.8 Å². The largest absolute Gasteiger partial charge is 0.324 e. The Kier molecular flexibility index (Phi) is 6.22. The highest BCUT2D eigenvalue weighted by Crippen LogP contribution is 2.20. The maximum atomic E-state index is 6.42. The molecule has 2 N–H and O–H groups in total. The summed E-state index contributed by atoms with van der Waals surface area (Å²) in [6.07, 6.45) is 1.25. The number of piperazine rings is 1. The Morgan fingerprint density at radius 3 is 2.24 bits per heavy atom. The molecule has 0 bridgehead atoms. The quantitative estimate of drug-likeness (QED) is 0.874. The highest BCUT2D eigenvalue weighted by atomic mass is 15.3. The van der Waals surface area contributed by atoms with E-state index in [1.54, 1.807) is 0 Å². The molecular weight excluding hydrogens is 258 g/mol. The van der Waals surface area contributed by atoms with Gasteiger partial charge < -0.3 is 10.6 Å². The molecule has 1 fully saturated rings. The highest BCUT2D eigenvalue weighted by molar-refractivity contribution is 5.19. The molecule has 0 radical (unpaired) electrons. The van der Waals surface area contributed by atoms with Crippen molar-refractivity contribution in [2.75, 3.05) is 32.7 Å². The standard InChI is InChI=1S/C18H31N3/c1-4-16(3)21-12-10-20(11-13-21)14-15(2)18(19)17-8-6-5-7-9-17/h5-9,15-16,18H,4,10-14,19H2,1-3H3. The van der Waals surface area contributed by atoms with Crippen molar-refractivity contribution in [3.05, 3.63) is 35.9 Å². The van der Waals surface area contributed by atoms with Crippen LogP contribution >= 0.6 is 0 Å². The SMILES string of the molecule is CCC(C)N1CCN(CC(C)C(N)c2ccccc2)CC1. The zero-order valence-corrected chi connectivity index (χ0v) is 13.8. The van der Waals surface area contributed by atoms with Gasteiger partial charge in [-0.3, -0.25) is 4.90 Å². The van der Waals surface area contributed by atoms with Crippen LogP contribution in [0.2, 0.25) is 0 Å². The zero-order chi connectivity index (χ0) is 15.2. The van der Waals surface area contributed by atoms with Crippen molar-refractivity contribution >= 4 is 0 Å². The molecule has 0 aromatic heterocycles. The Labute approximate surface area is 130 Å². The van der Waals surface area contributed by atoms with E-state index in [4.69, 9.17) is 5.73 Å². The van der Waals surface area contributed by atoms with Crippen LogP contribution in [0.1, 0.15) is 38.8 Å². The molecule has 118 valence electrons. The van der Waals surface area contributed by atoms with Crippen LogP contribution in [0.25, 0.3) is 0 Å². The van der Waals surface area contributed by atoms with E-state index < -0.39 is 0 Å². The van der Waals surface area contributed by atoms with Crippen molar-refractivity contribution in [2.24, 2.45) is 11.7 Å². The summed E-state index contributed by atoms with van der Waals surface area (Å²) in [6.45, 7) is 12.7. The second-order valence-corrected chi connectivity index (χ2v) is 6.51. The van der Waals surface area contributed by atoms with Crippen LogP contribution in [0.3, 0.4) is 0 Å². The van der Waals surface area contributed by atoms with Gasteiger partial charge in [-0.2, -0.15) is 0 Å². The lowest BCUT2D eigenvalue weighted by Gasteiger charge is -2.39. The van der Waals surface area contributed by atoms with E-state index in [9.17, 15) is 0 Å². The van der Waals surface area contributed by atoms with Gasteiger partial charge in [0.15, 0.2) is 0 Å². The first-order valence-corrected chi connectivity index (χ1v) is 8.38. The minimum absolute atomic E-state index is 0.138. The Balaban J connectivity index is 1.80. The van der Waals surface area contributed by atoms with Crippen molar-refractivity contribution in [2.45, 2.75) is 39.3 Å². The molecule has 2 rings (SSSR count). The Bertz CT molecular complexity index is 398. The van der Waals surface area contributed by atoms with Gasteiger partial charge in [0.25, 0.3) is 0 Å². The predicted octanol–water partition coefficient (Wildman–Crippen LogP) is 2.74. The fourth-order valence-corrected chi connectivity index (χ4v) is 3.17. The summed E-state index contributed by atoms with van der Waals surface area (Å²) in [4.78, 5) is 5.19. The number of hydrogen-bond donors (Lipinski definition) is 1. The van der Waals surface area contributed by atoms with Crippen LogP contribution in [-0.2, 0) is 0 Å². The molecular formula is C18H31N3. The van der Waals surface area contributed by atoms with Crippen LogP contribution < -0.4 is 5.73 Å². The first-order valence-electron chi connectivity index (χ1n) is 8.38. The van der Waals surface area contributed by atoms with Crippen molar-refractivity contribution in [1.82, 2.24) is 9.80 Å². The summed E-state index contributed by atoms with van der Waals surface area (Å²) in [7, 11) is 0. The van der Waals surface area contributed by atoms with Crippen molar-refractivity contribution < 1.29 is 0 Å². The number of nitrogens with two attached hydrogens (primary N) is 1. The summed E-state index contributed by atoms with van der Waals surface area (Å²) in [5, 5.41) is 0. The maximum absolute atomic E-state index is 6.42. The zero-order valence-electron chi connectivity index (χ0n) is 13.8. The smallest absolute Gasteiger partial charge is 0.0333 e. The van der Waals surface area contributed by atoms with Crippen molar-refractivity contribution in [3.63, 3.8) is 0 Å². The average Bonchev–Trinajstić information content (AvgIpc) is 2.55. The van der Waals surface area contributed by atoms with E-state index >= 15 is 0 Å². The molecule has 3 nitrogen and oxygen atoms in total. The molecule has 21 heavy (non-hydrogen) atoms. The second-order valence-electron chi connectivity index (χ2n) is 6.51. The molecule has 1 aliphatic rings.